The van der Waals surface area contributed by atoms with Gasteiger partial charge in [0.25, 0.3) is 5.56 Å². The molecular formula is C30H37N7O. The average molecular weight is 512 g/mol. The lowest BCUT2D eigenvalue weighted by atomic mass is 10.0. The number of nitrogens with zero attached hydrogens (tertiary/aromatic N) is 6. The molecule has 1 aliphatic carbocycles. The standard InChI is InChI=1S/C30H37N7O/c1-4-22-11-12-26-23(18-22)19-25(30(38)31-26)28(29-32-33-34-37(29)24-7-5-6-8-24)36-15-13-35(14-16-36)27-17-20(2)9-10-21(27)3/h9-12,17-19,24,28H,4-8,13-16H2,1-3H3,(H,31,38)/t28-/m1/s1. The molecule has 0 amide bonds. The van der Waals surface area contributed by atoms with Crippen molar-refractivity contribution in [1.29, 1.82) is 0 Å². The molecule has 0 radical (unpaired) electrons. The maximum atomic E-state index is 13.6. The van der Waals surface area contributed by atoms with E-state index in [1.165, 1.54) is 35.2 Å². The summed E-state index contributed by atoms with van der Waals surface area (Å²) >= 11 is 0. The minimum absolute atomic E-state index is 0.0651. The Kier molecular flexibility index (Phi) is 6.74. The van der Waals surface area contributed by atoms with Crippen LogP contribution in [-0.4, -0.2) is 56.3 Å². The van der Waals surface area contributed by atoms with Crippen LogP contribution in [0.2, 0.25) is 0 Å². The summed E-state index contributed by atoms with van der Waals surface area (Å²) in [5.74, 6) is 0.786. The highest BCUT2D eigenvalue weighted by Crippen LogP contribution is 2.35. The Morgan fingerprint density at radius 1 is 1.00 bits per heavy atom. The third kappa shape index (κ3) is 4.62. The number of aromatic amines is 1. The van der Waals surface area contributed by atoms with E-state index in [2.05, 4.69) is 87.5 Å². The molecular weight excluding hydrogens is 474 g/mol. The molecule has 2 aliphatic rings. The van der Waals surface area contributed by atoms with Crippen molar-refractivity contribution in [2.75, 3.05) is 31.1 Å². The molecule has 38 heavy (non-hydrogen) atoms. The van der Waals surface area contributed by atoms with Crippen molar-refractivity contribution in [3.8, 4) is 0 Å². The van der Waals surface area contributed by atoms with Gasteiger partial charge in [0, 0.05) is 42.9 Å². The quantitative estimate of drug-likeness (QED) is 0.403. The van der Waals surface area contributed by atoms with E-state index in [1.54, 1.807) is 0 Å². The zero-order valence-electron chi connectivity index (χ0n) is 22.7. The van der Waals surface area contributed by atoms with Gasteiger partial charge in [0.05, 0.1) is 6.04 Å². The van der Waals surface area contributed by atoms with Crippen LogP contribution in [0, 0.1) is 13.8 Å². The summed E-state index contributed by atoms with van der Waals surface area (Å²) in [4.78, 5) is 21.6. The Balaban J connectivity index is 1.39. The van der Waals surface area contributed by atoms with Crippen LogP contribution in [0.1, 0.15) is 72.8 Å². The first kappa shape index (κ1) is 24.8. The van der Waals surface area contributed by atoms with Crippen molar-refractivity contribution >= 4 is 16.6 Å². The highest BCUT2D eigenvalue weighted by molar-refractivity contribution is 5.80. The normalized spacial score (nSPS) is 17.9. The second kappa shape index (κ2) is 10.3. The molecule has 198 valence electrons. The third-order valence-corrected chi connectivity index (χ3v) is 8.46. The number of tetrazole rings is 1. The van der Waals surface area contributed by atoms with Gasteiger partial charge >= 0.3 is 0 Å². The molecule has 4 aromatic rings. The molecule has 2 aromatic heterocycles. The fourth-order valence-corrected chi connectivity index (χ4v) is 6.27. The Morgan fingerprint density at radius 3 is 2.55 bits per heavy atom. The van der Waals surface area contributed by atoms with Gasteiger partial charge < -0.3 is 9.88 Å². The summed E-state index contributed by atoms with van der Waals surface area (Å²) in [5.41, 5.74) is 6.64. The monoisotopic (exact) mass is 511 g/mol. The second-order valence-electron chi connectivity index (χ2n) is 11.0. The van der Waals surface area contributed by atoms with Crippen LogP contribution in [0.4, 0.5) is 5.69 Å². The van der Waals surface area contributed by atoms with Gasteiger partial charge in [-0.2, -0.15) is 0 Å². The first-order chi connectivity index (χ1) is 18.5. The third-order valence-electron chi connectivity index (χ3n) is 8.46. The largest absolute Gasteiger partial charge is 0.369 e. The van der Waals surface area contributed by atoms with E-state index < -0.39 is 0 Å². The van der Waals surface area contributed by atoms with Gasteiger partial charge in [0.2, 0.25) is 0 Å². The number of hydrogen-bond acceptors (Lipinski definition) is 6. The molecule has 8 nitrogen and oxygen atoms in total. The smallest absolute Gasteiger partial charge is 0.253 e. The zero-order chi connectivity index (χ0) is 26.2. The van der Waals surface area contributed by atoms with Crippen molar-refractivity contribution in [3.05, 3.63) is 80.9 Å². The number of anilines is 1. The van der Waals surface area contributed by atoms with Crippen LogP contribution in [0.5, 0.6) is 0 Å². The van der Waals surface area contributed by atoms with Gasteiger partial charge in [-0.3, -0.25) is 9.69 Å². The minimum Gasteiger partial charge on any atom is -0.369 e. The number of hydrogen-bond donors (Lipinski definition) is 1. The molecule has 2 aromatic carbocycles. The molecule has 0 spiro atoms. The van der Waals surface area contributed by atoms with Gasteiger partial charge in [-0.05, 0) is 89.9 Å². The van der Waals surface area contributed by atoms with E-state index >= 15 is 0 Å². The van der Waals surface area contributed by atoms with E-state index in [1.807, 2.05) is 10.7 Å². The minimum atomic E-state index is -0.301. The molecule has 1 N–H and O–H groups in total. The van der Waals surface area contributed by atoms with E-state index in [-0.39, 0.29) is 11.6 Å². The average Bonchev–Trinajstić information content (AvgIpc) is 3.63. The summed E-state index contributed by atoms with van der Waals surface area (Å²) in [6.45, 7) is 9.90. The summed E-state index contributed by atoms with van der Waals surface area (Å²) in [6, 6.07) is 15.0. The number of aryl methyl sites for hydroxylation is 3. The van der Waals surface area contributed by atoms with Crippen molar-refractivity contribution in [2.45, 2.75) is 65.0 Å². The van der Waals surface area contributed by atoms with Gasteiger partial charge in [-0.15, -0.1) is 5.10 Å². The Morgan fingerprint density at radius 2 is 1.79 bits per heavy atom. The fourth-order valence-electron chi connectivity index (χ4n) is 6.27. The topological polar surface area (TPSA) is 82.9 Å². The van der Waals surface area contributed by atoms with Gasteiger partial charge in [0.1, 0.15) is 6.04 Å². The lowest BCUT2D eigenvalue weighted by Crippen LogP contribution is -2.49. The van der Waals surface area contributed by atoms with E-state index in [0.717, 1.165) is 67.7 Å². The number of pyridine rings is 1. The summed E-state index contributed by atoms with van der Waals surface area (Å²) in [5, 5.41) is 14.2. The lowest BCUT2D eigenvalue weighted by Gasteiger charge is -2.40. The van der Waals surface area contributed by atoms with Crippen LogP contribution in [0.25, 0.3) is 10.9 Å². The van der Waals surface area contributed by atoms with Crippen molar-refractivity contribution in [2.24, 2.45) is 0 Å². The number of nitrogens with one attached hydrogen (secondary N) is 1. The van der Waals surface area contributed by atoms with Crippen LogP contribution in [-0.2, 0) is 6.42 Å². The predicted octanol–water partition coefficient (Wildman–Crippen LogP) is 4.72. The molecule has 1 atom stereocenters. The van der Waals surface area contributed by atoms with Crippen molar-refractivity contribution in [3.63, 3.8) is 0 Å². The fraction of sp³-hybridized carbons (Fsp3) is 0.467. The number of piperazine rings is 1. The molecule has 6 rings (SSSR count). The number of rotatable bonds is 6. The number of H-pyrrole nitrogens is 1. The van der Waals surface area contributed by atoms with Crippen LogP contribution in [0.3, 0.4) is 0 Å². The van der Waals surface area contributed by atoms with E-state index in [0.29, 0.717) is 6.04 Å². The summed E-state index contributed by atoms with van der Waals surface area (Å²) in [6.07, 6.45) is 5.51. The molecule has 2 fully saturated rings. The van der Waals surface area contributed by atoms with Crippen LogP contribution < -0.4 is 10.5 Å². The molecule has 8 heteroatoms. The maximum absolute atomic E-state index is 13.6. The first-order valence-corrected chi connectivity index (χ1v) is 14.0. The van der Waals surface area contributed by atoms with Gasteiger partial charge in [-0.1, -0.05) is 38.0 Å². The second-order valence-corrected chi connectivity index (χ2v) is 11.0. The lowest BCUT2D eigenvalue weighted by molar-refractivity contribution is 0.196. The molecule has 1 saturated heterocycles. The maximum Gasteiger partial charge on any atom is 0.253 e. The van der Waals surface area contributed by atoms with Crippen LogP contribution >= 0.6 is 0 Å². The molecule has 1 saturated carbocycles. The molecule has 0 unspecified atom stereocenters. The number of fused-ring (bicyclic) bond motifs is 1. The van der Waals surface area contributed by atoms with Gasteiger partial charge in [0.15, 0.2) is 5.82 Å². The van der Waals surface area contributed by atoms with Crippen LogP contribution in [0.15, 0.2) is 47.3 Å². The van der Waals surface area contributed by atoms with Gasteiger partial charge in [-0.25, -0.2) is 4.68 Å². The number of aromatic nitrogens is 5. The Bertz CT molecular complexity index is 1490. The Labute approximate surface area is 223 Å². The molecule has 3 heterocycles. The summed E-state index contributed by atoms with van der Waals surface area (Å²) < 4.78 is 2.01. The van der Waals surface area contributed by atoms with E-state index in [4.69, 9.17) is 0 Å². The summed E-state index contributed by atoms with van der Waals surface area (Å²) in [7, 11) is 0. The SMILES string of the molecule is CCc1ccc2[nH]c(=O)c([C@H](c3nnnn3C3CCCC3)N3CCN(c4cc(C)ccc4C)CC3)cc2c1. The van der Waals surface area contributed by atoms with Crippen molar-refractivity contribution in [1.82, 2.24) is 30.1 Å². The predicted molar refractivity (Wildman–Crippen MR) is 151 cm³/mol. The van der Waals surface area contributed by atoms with Crippen molar-refractivity contribution < 1.29 is 0 Å². The van der Waals surface area contributed by atoms with E-state index in [9.17, 15) is 4.79 Å². The number of benzene rings is 2. The Hall–Kier alpha value is -3.52. The first-order valence-electron chi connectivity index (χ1n) is 14.0. The molecule has 1 aliphatic heterocycles. The zero-order valence-corrected chi connectivity index (χ0v) is 22.7. The highest BCUT2D eigenvalue weighted by atomic mass is 16.1. The molecule has 0 bridgehead atoms. The highest BCUT2D eigenvalue weighted by Gasteiger charge is 2.35.